The fourth-order valence-electron chi connectivity index (χ4n) is 2.84. The smallest absolute Gasteiger partial charge is 0.258 e. The van der Waals surface area contributed by atoms with Crippen molar-refractivity contribution in [1.82, 2.24) is 5.32 Å². The van der Waals surface area contributed by atoms with Crippen LogP contribution < -0.4 is 14.8 Å². The second-order valence-corrected chi connectivity index (χ2v) is 6.31. The van der Waals surface area contributed by atoms with Crippen LogP contribution in [0.2, 0.25) is 0 Å². The molecule has 2 aromatic carbocycles. The highest BCUT2D eigenvalue weighted by Crippen LogP contribution is 2.31. The first-order valence-corrected chi connectivity index (χ1v) is 8.37. The van der Waals surface area contributed by atoms with Crippen molar-refractivity contribution in [3.8, 4) is 11.5 Å². The third kappa shape index (κ3) is 3.88. The van der Waals surface area contributed by atoms with E-state index in [9.17, 15) is 4.79 Å². The average molecular weight is 325 g/mol. The maximum atomic E-state index is 12.2. The molecule has 1 aliphatic rings. The van der Waals surface area contributed by atoms with Gasteiger partial charge in [0.25, 0.3) is 5.91 Å². The second-order valence-electron chi connectivity index (χ2n) is 6.31. The Morgan fingerprint density at radius 1 is 1.25 bits per heavy atom. The molecule has 2 aromatic rings. The molecule has 1 atom stereocenters. The third-order valence-electron chi connectivity index (χ3n) is 4.19. The first-order valence-electron chi connectivity index (χ1n) is 8.37. The predicted molar refractivity (Wildman–Crippen MR) is 93.5 cm³/mol. The fraction of sp³-hybridized carbons (Fsp3) is 0.350. The molecule has 0 aromatic heterocycles. The summed E-state index contributed by atoms with van der Waals surface area (Å²) in [6, 6.07) is 15.7. The van der Waals surface area contributed by atoms with Crippen molar-refractivity contribution >= 4 is 5.91 Å². The lowest BCUT2D eigenvalue weighted by Crippen LogP contribution is -2.35. The molecule has 0 radical (unpaired) electrons. The molecular formula is C20H23NO3. The van der Waals surface area contributed by atoms with Gasteiger partial charge in [0, 0.05) is 12.0 Å². The van der Waals surface area contributed by atoms with E-state index in [1.807, 2.05) is 42.5 Å². The topological polar surface area (TPSA) is 47.6 Å². The summed E-state index contributed by atoms with van der Waals surface area (Å²) in [6.45, 7) is 4.89. The molecule has 126 valence electrons. The summed E-state index contributed by atoms with van der Waals surface area (Å²) in [4.78, 5) is 12.2. The summed E-state index contributed by atoms with van der Waals surface area (Å²) in [5.74, 6) is 1.89. The number of hydrogen-bond acceptors (Lipinski definition) is 3. The Kier molecular flexibility index (Phi) is 5.04. The molecule has 0 spiro atoms. The number of rotatable bonds is 5. The van der Waals surface area contributed by atoms with Gasteiger partial charge in [-0.05, 0) is 29.7 Å². The van der Waals surface area contributed by atoms with Crippen LogP contribution in [0.4, 0.5) is 0 Å². The molecule has 0 saturated heterocycles. The van der Waals surface area contributed by atoms with Crippen LogP contribution in [-0.2, 0) is 4.79 Å². The molecule has 0 fully saturated rings. The molecule has 0 aliphatic carbocycles. The molecule has 4 heteroatoms. The molecule has 1 N–H and O–H groups in total. The predicted octanol–water partition coefficient (Wildman–Crippen LogP) is 3.83. The average Bonchev–Trinajstić information content (AvgIpc) is 2.60. The van der Waals surface area contributed by atoms with Gasteiger partial charge in [0.1, 0.15) is 11.5 Å². The van der Waals surface area contributed by atoms with Crippen molar-refractivity contribution in [2.24, 2.45) is 0 Å². The summed E-state index contributed by atoms with van der Waals surface area (Å²) < 4.78 is 11.3. The summed E-state index contributed by atoms with van der Waals surface area (Å²) in [5.41, 5.74) is 2.23. The Labute approximate surface area is 142 Å². The van der Waals surface area contributed by atoms with Crippen LogP contribution >= 0.6 is 0 Å². The van der Waals surface area contributed by atoms with Crippen molar-refractivity contribution in [3.05, 3.63) is 59.7 Å². The number of carbonyl (C=O) groups is 1. The number of para-hydroxylation sites is 1. The Balaban J connectivity index is 1.58. The number of hydrogen-bond donors (Lipinski definition) is 1. The number of fused-ring (bicyclic) bond motifs is 1. The van der Waals surface area contributed by atoms with Gasteiger partial charge >= 0.3 is 0 Å². The van der Waals surface area contributed by atoms with Gasteiger partial charge in [0.05, 0.1) is 12.6 Å². The molecule has 1 heterocycles. The fourth-order valence-corrected chi connectivity index (χ4v) is 2.84. The van der Waals surface area contributed by atoms with E-state index in [1.54, 1.807) is 0 Å². The van der Waals surface area contributed by atoms with Crippen LogP contribution in [0.3, 0.4) is 0 Å². The van der Waals surface area contributed by atoms with E-state index in [-0.39, 0.29) is 18.6 Å². The molecule has 0 bridgehead atoms. The van der Waals surface area contributed by atoms with Gasteiger partial charge in [0.15, 0.2) is 6.61 Å². The lowest BCUT2D eigenvalue weighted by Gasteiger charge is -2.26. The zero-order valence-electron chi connectivity index (χ0n) is 14.1. The lowest BCUT2D eigenvalue weighted by molar-refractivity contribution is -0.124. The van der Waals surface area contributed by atoms with Crippen LogP contribution in [0.1, 0.15) is 43.4 Å². The Morgan fingerprint density at radius 3 is 2.92 bits per heavy atom. The number of benzene rings is 2. The highest BCUT2D eigenvalue weighted by Gasteiger charge is 2.22. The number of nitrogens with one attached hydrogen (secondary N) is 1. The zero-order valence-corrected chi connectivity index (χ0v) is 14.1. The number of amides is 1. The normalized spacial score (nSPS) is 16.2. The van der Waals surface area contributed by atoms with Crippen molar-refractivity contribution in [1.29, 1.82) is 0 Å². The number of carbonyl (C=O) groups excluding carboxylic acids is 1. The summed E-state index contributed by atoms with van der Waals surface area (Å²) in [5, 5.41) is 3.04. The maximum Gasteiger partial charge on any atom is 0.258 e. The first kappa shape index (κ1) is 16.4. The summed E-state index contributed by atoms with van der Waals surface area (Å²) >= 11 is 0. The number of ether oxygens (including phenoxy) is 2. The van der Waals surface area contributed by atoms with Gasteiger partial charge in [-0.2, -0.15) is 0 Å². The molecule has 1 aliphatic heterocycles. The molecule has 1 amide bonds. The molecule has 24 heavy (non-hydrogen) atoms. The van der Waals surface area contributed by atoms with Crippen molar-refractivity contribution < 1.29 is 14.3 Å². The zero-order chi connectivity index (χ0) is 16.9. The molecular weight excluding hydrogens is 302 g/mol. The van der Waals surface area contributed by atoms with Gasteiger partial charge in [-0.25, -0.2) is 0 Å². The molecule has 1 unspecified atom stereocenters. The summed E-state index contributed by atoms with van der Waals surface area (Å²) in [6.07, 6.45) is 0.769. The first-order chi connectivity index (χ1) is 11.6. The van der Waals surface area contributed by atoms with E-state index in [1.165, 1.54) is 5.56 Å². The molecule has 3 rings (SSSR count). The van der Waals surface area contributed by atoms with E-state index in [0.29, 0.717) is 12.5 Å². The monoisotopic (exact) mass is 325 g/mol. The van der Waals surface area contributed by atoms with Gasteiger partial charge in [-0.15, -0.1) is 0 Å². The maximum absolute atomic E-state index is 12.2. The molecule has 4 nitrogen and oxygen atoms in total. The Bertz CT molecular complexity index is 712. The van der Waals surface area contributed by atoms with Crippen LogP contribution in [0.5, 0.6) is 11.5 Å². The summed E-state index contributed by atoms with van der Waals surface area (Å²) in [7, 11) is 0. The second kappa shape index (κ2) is 7.39. The molecule has 0 saturated carbocycles. The van der Waals surface area contributed by atoms with Gasteiger partial charge in [0.2, 0.25) is 0 Å². The van der Waals surface area contributed by atoms with E-state index >= 15 is 0 Å². The van der Waals surface area contributed by atoms with Gasteiger partial charge in [-0.3, -0.25) is 4.79 Å². The Hall–Kier alpha value is -2.49. The third-order valence-corrected chi connectivity index (χ3v) is 4.19. The van der Waals surface area contributed by atoms with Crippen LogP contribution in [0.15, 0.2) is 48.5 Å². The largest absolute Gasteiger partial charge is 0.493 e. The van der Waals surface area contributed by atoms with Crippen molar-refractivity contribution in [2.75, 3.05) is 13.2 Å². The SMILES string of the molecule is CC(C)c1cccc(OCC(=O)NC2CCOc3ccccc32)c1. The van der Waals surface area contributed by atoms with Crippen LogP contribution in [0.25, 0.3) is 0 Å². The van der Waals surface area contributed by atoms with Crippen molar-refractivity contribution in [2.45, 2.75) is 32.2 Å². The van der Waals surface area contributed by atoms with Gasteiger partial charge in [-0.1, -0.05) is 44.2 Å². The Morgan fingerprint density at radius 2 is 2.08 bits per heavy atom. The highest BCUT2D eigenvalue weighted by molar-refractivity contribution is 5.78. The van der Waals surface area contributed by atoms with E-state index in [2.05, 4.69) is 25.2 Å². The van der Waals surface area contributed by atoms with Crippen LogP contribution in [-0.4, -0.2) is 19.1 Å². The minimum atomic E-state index is -0.119. The van der Waals surface area contributed by atoms with E-state index in [4.69, 9.17) is 9.47 Å². The van der Waals surface area contributed by atoms with Gasteiger partial charge < -0.3 is 14.8 Å². The quantitative estimate of drug-likeness (QED) is 0.909. The van der Waals surface area contributed by atoms with E-state index in [0.717, 1.165) is 23.5 Å². The minimum absolute atomic E-state index is 0.0150. The highest BCUT2D eigenvalue weighted by atomic mass is 16.5. The van der Waals surface area contributed by atoms with Crippen molar-refractivity contribution in [3.63, 3.8) is 0 Å². The van der Waals surface area contributed by atoms with E-state index < -0.39 is 0 Å². The van der Waals surface area contributed by atoms with Crippen LogP contribution in [0, 0.1) is 0 Å². The standard InChI is InChI=1S/C20H23NO3/c1-14(2)15-6-5-7-16(12-15)24-13-20(22)21-18-10-11-23-19-9-4-3-8-17(18)19/h3-9,12,14,18H,10-11,13H2,1-2H3,(H,21,22). The minimum Gasteiger partial charge on any atom is -0.493 e. The lowest BCUT2D eigenvalue weighted by atomic mass is 10.0.